The van der Waals surface area contributed by atoms with Gasteiger partial charge in [-0.3, -0.25) is 0 Å². The van der Waals surface area contributed by atoms with Gasteiger partial charge >= 0.3 is 0 Å². The molecule has 0 aliphatic carbocycles. The zero-order valence-electron chi connectivity index (χ0n) is 77.3. The van der Waals surface area contributed by atoms with E-state index in [0.29, 0.717) is 17.5 Å². The molecule has 0 spiro atoms. The number of benzene rings is 22. The van der Waals surface area contributed by atoms with E-state index in [-0.39, 0.29) is 0 Å². The van der Waals surface area contributed by atoms with Crippen LogP contribution in [-0.4, -0.2) is 19.5 Å². The standard InChI is InChI=1S/C36H22BrNS.C33H20BrN3S.C24H15BrS.C22H13BrS.C16H9BrS/c37-26-17-13-23(14-18-26)24-16-20-35-32(21-24)30-11-6-10-28(36(30)39-35)25-15-19-34-31(22-25)29-9-4-5-12-33(29)38(34)27-7-2-1-3-8-27;34-24-15-7-14-23(20-24)25-16-9-19-28-29(25)26-17-8-18-27(30(26)38-28)33-36-31(21-10-3-1-4-11-21)35-32(37-33)22-12-5-2-6-13-22;25-20-10-6-17(7-11-20)19-9-13-24-22(15-19)21-14-18(8-12-23(21)26-24)16-4-2-1-3-5-16;23-15-11-9-14(10-12-15)19-13-21-22(17-6-2-1-5-16(17)19)18-7-3-4-8-20(18)24-21;17-12-5-6-15-14(9-12)13-7-10-3-1-2-4-11(10)8-16(13)18-15/h1-22H;1-20H;1-15H;1-13H;1-9H. The minimum Gasteiger partial charge on any atom is -0.309 e. The lowest BCUT2D eigenvalue weighted by atomic mass is 9.95. The number of hydrogen-bond acceptors (Lipinski definition) is 8. The molecule has 688 valence electrons. The third-order valence-electron chi connectivity index (χ3n) is 26.9. The van der Waals surface area contributed by atoms with Gasteiger partial charge in [-0.05, 0) is 258 Å². The van der Waals surface area contributed by atoms with Crippen LogP contribution in [0.25, 0.3) is 251 Å². The normalized spacial score (nSPS) is 11.5. The van der Waals surface area contributed by atoms with E-state index in [1.165, 1.54) is 217 Å². The Balaban J connectivity index is 0.0000000971. The van der Waals surface area contributed by atoms with Crippen molar-refractivity contribution in [2.24, 2.45) is 0 Å². The number of hydrogen-bond donors (Lipinski definition) is 0. The fourth-order valence-electron chi connectivity index (χ4n) is 20.0. The average molecular weight is 2270 g/mol. The summed E-state index contributed by atoms with van der Waals surface area (Å²) in [5, 5.41) is 21.1. The summed E-state index contributed by atoms with van der Waals surface area (Å²) in [5.74, 6) is 2.02. The Morgan fingerprint density at radius 3 is 1.19 bits per heavy atom. The summed E-state index contributed by atoms with van der Waals surface area (Å²) in [6.07, 6.45) is 0. The van der Waals surface area contributed by atoms with Gasteiger partial charge in [-0.25, -0.2) is 15.0 Å². The van der Waals surface area contributed by atoms with Crippen LogP contribution in [0, 0.1) is 0 Å². The molecule has 0 aliphatic heterocycles. The van der Waals surface area contributed by atoms with Gasteiger partial charge in [0.1, 0.15) is 0 Å². The van der Waals surface area contributed by atoms with Gasteiger partial charge in [0.15, 0.2) is 17.5 Å². The van der Waals surface area contributed by atoms with E-state index in [2.05, 4.69) is 503 Å². The van der Waals surface area contributed by atoms with E-state index in [1.807, 2.05) is 106 Å². The van der Waals surface area contributed by atoms with E-state index in [0.717, 1.165) is 39.1 Å². The number of thiophene rings is 5. The van der Waals surface area contributed by atoms with Crippen LogP contribution < -0.4 is 0 Å². The molecule has 0 radical (unpaired) electrons. The van der Waals surface area contributed by atoms with Crippen molar-refractivity contribution in [3.8, 4) is 107 Å². The van der Waals surface area contributed by atoms with Gasteiger partial charge in [0.05, 0.1) is 11.0 Å². The molecule has 0 atom stereocenters. The smallest absolute Gasteiger partial charge is 0.165 e. The number of para-hydroxylation sites is 2. The summed E-state index contributed by atoms with van der Waals surface area (Å²) in [6.45, 7) is 0. The second-order valence-electron chi connectivity index (χ2n) is 35.7. The molecule has 14 heteroatoms. The largest absolute Gasteiger partial charge is 0.309 e. The van der Waals surface area contributed by atoms with Crippen molar-refractivity contribution in [3.05, 3.63) is 502 Å². The summed E-state index contributed by atoms with van der Waals surface area (Å²) in [5.41, 5.74) is 21.6. The molecular formula is C131H79Br5N4S5. The zero-order chi connectivity index (χ0) is 97.1. The van der Waals surface area contributed by atoms with Crippen molar-refractivity contribution in [1.82, 2.24) is 19.5 Å². The minimum atomic E-state index is 0.669. The van der Waals surface area contributed by atoms with Crippen LogP contribution in [0.3, 0.4) is 0 Å². The predicted molar refractivity (Wildman–Crippen MR) is 647 cm³/mol. The molecule has 7 heterocycles. The first-order valence-electron chi connectivity index (χ1n) is 47.6. The lowest BCUT2D eigenvalue weighted by molar-refractivity contribution is 1.08. The van der Waals surface area contributed by atoms with Crippen molar-refractivity contribution in [1.29, 1.82) is 0 Å². The summed E-state index contributed by atoms with van der Waals surface area (Å²) >= 11 is 27.1. The number of nitrogens with zero attached hydrogens (tertiary/aromatic N) is 4. The summed E-state index contributed by atoms with van der Waals surface area (Å²) < 4.78 is 21.1. The molecule has 0 saturated heterocycles. The molecule has 29 rings (SSSR count). The monoisotopic (exact) mass is 2260 g/mol. The number of fused-ring (bicyclic) bond motifs is 21. The highest BCUT2D eigenvalue weighted by molar-refractivity contribution is 9.11. The predicted octanol–water partition coefficient (Wildman–Crippen LogP) is 42.7. The third-order valence-corrected chi connectivity index (χ3v) is 35.3. The molecule has 0 N–H and O–H groups in total. The van der Waals surface area contributed by atoms with Gasteiger partial charge < -0.3 is 4.57 Å². The Kier molecular flexibility index (Phi) is 25.3. The molecule has 145 heavy (non-hydrogen) atoms. The van der Waals surface area contributed by atoms with Gasteiger partial charge in [0, 0.05) is 156 Å². The third kappa shape index (κ3) is 18.2. The van der Waals surface area contributed by atoms with Crippen molar-refractivity contribution < 1.29 is 0 Å². The van der Waals surface area contributed by atoms with Gasteiger partial charge in [0.2, 0.25) is 0 Å². The van der Waals surface area contributed by atoms with E-state index in [9.17, 15) is 0 Å². The van der Waals surface area contributed by atoms with Crippen molar-refractivity contribution in [2.75, 3.05) is 0 Å². The van der Waals surface area contributed by atoms with Crippen LogP contribution in [0.15, 0.2) is 502 Å². The molecule has 22 aromatic carbocycles. The summed E-state index contributed by atoms with van der Waals surface area (Å²) in [6, 6.07) is 171. The first-order valence-corrected chi connectivity index (χ1v) is 55.7. The SMILES string of the molecule is Brc1ccc(-c2cc3sc4ccccc4c3c3ccccc23)cc1.Brc1ccc(-c2ccc3sc4c(-c5ccc6c(c5)c5ccccc5n6-c5ccccc5)cccc4c3c2)cc1.Brc1ccc(-c2ccc3sc4ccc(-c5ccccc5)cc4c3c2)cc1.Brc1ccc2sc3cc4ccccc4cc3c2c1.Brc1cccc(-c2cccc3sc4c(-c5nc(-c6ccccc6)nc(-c6ccccc6)n5)cccc4c23)c1. The van der Waals surface area contributed by atoms with Crippen LogP contribution in [0.4, 0.5) is 0 Å². The Labute approximate surface area is 898 Å². The highest BCUT2D eigenvalue weighted by atomic mass is 79.9. The van der Waals surface area contributed by atoms with E-state index in [1.54, 1.807) is 11.3 Å². The molecule has 0 unspecified atom stereocenters. The lowest BCUT2D eigenvalue weighted by Gasteiger charge is -2.09. The van der Waals surface area contributed by atoms with Gasteiger partial charge in [-0.15, -0.1) is 56.7 Å². The topological polar surface area (TPSA) is 43.6 Å². The molecule has 4 nitrogen and oxygen atoms in total. The van der Waals surface area contributed by atoms with E-state index < -0.39 is 0 Å². The first-order chi connectivity index (χ1) is 71.4. The van der Waals surface area contributed by atoms with Crippen LogP contribution in [0.5, 0.6) is 0 Å². The fraction of sp³-hybridized carbons (Fsp3) is 0. The second-order valence-corrected chi connectivity index (χ2v) is 45.7. The highest BCUT2D eigenvalue weighted by Crippen LogP contribution is 2.50. The maximum absolute atomic E-state index is 4.99. The number of rotatable bonds is 10. The Bertz CT molecular complexity index is 9960. The van der Waals surface area contributed by atoms with Gasteiger partial charge in [0.25, 0.3) is 0 Å². The molecule has 7 aromatic heterocycles. The van der Waals surface area contributed by atoms with Gasteiger partial charge in [-0.1, -0.05) is 389 Å². The fourth-order valence-corrected chi connectivity index (χ4v) is 27.3. The van der Waals surface area contributed by atoms with Crippen molar-refractivity contribution in [2.45, 2.75) is 0 Å². The van der Waals surface area contributed by atoms with E-state index >= 15 is 0 Å². The Morgan fingerprint density at radius 2 is 0.552 bits per heavy atom. The van der Waals surface area contributed by atoms with Crippen molar-refractivity contribution >= 4 is 281 Å². The molecule has 0 bridgehead atoms. The Hall–Kier alpha value is -14.3. The highest BCUT2D eigenvalue weighted by Gasteiger charge is 2.23. The van der Waals surface area contributed by atoms with Crippen LogP contribution in [0.2, 0.25) is 0 Å². The summed E-state index contributed by atoms with van der Waals surface area (Å²) in [4.78, 5) is 14.8. The average Bonchev–Trinajstić information content (AvgIpc) is 1.60. The molecule has 0 aliphatic rings. The molecule has 0 amide bonds. The molecular weight excluding hydrogens is 2190 g/mol. The minimum absolute atomic E-state index is 0.669. The molecule has 0 saturated carbocycles. The van der Waals surface area contributed by atoms with E-state index in [4.69, 9.17) is 15.0 Å². The van der Waals surface area contributed by atoms with Crippen LogP contribution in [0.1, 0.15) is 0 Å². The number of halogens is 5. The van der Waals surface area contributed by atoms with Crippen LogP contribution >= 0.6 is 136 Å². The molecule has 29 aromatic rings. The number of aromatic nitrogens is 4. The lowest BCUT2D eigenvalue weighted by Crippen LogP contribution is -2.00. The first kappa shape index (κ1) is 91.8. The maximum atomic E-state index is 4.99. The Morgan fingerprint density at radius 1 is 0.166 bits per heavy atom. The maximum Gasteiger partial charge on any atom is 0.165 e. The van der Waals surface area contributed by atoms with Crippen molar-refractivity contribution in [3.63, 3.8) is 0 Å². The quantitative estimate of drug-likeness (QED) is 0.137. The molecule has 0 fully saturated rings. The second kappa shape index (κ2) is 40.0. The zero-order valence-corrected chi connectivity index (χ0v) is 89.3. The van der Waals surface area contributed by atoms with Gasteiger partial charge in [-0.2, -0.15) is 0 Å². The van der Waals surface area contributed by atoms with Crippen LogP contribution in [-0.2, 0) is 0 Å². The summed E-state index contributed by atoms with van der Waals surface area (Å²) in [7, 11) is 0.